The van der Waals surface area contributed by atoms with E-state index in [0.717, 1.165) is 21.4 Å². The van der Waals surface area contributed by atoms with E-state index in [1.807, 2.05) is 36.9 Å². The molecule has 0 bridgehead atoms. The van der Waals surface area contributed by atoms with E-state index in [0.29, 0.717) is 10.8 Å². The number of hydrogen-bond donors (Lipinski definition) is 0. The average Bonchev–Trinajstić information content (AvgIpc) is 2.53. The van der Waals surface area contributed by atoms with Crippen LogP contribution in [0.1, 0.15) is 5.69 Å². The minimum absolute atomic E-state index is 0.593. The predicted octanol–water partition coefficient (Wildman–Crippen LogP) is 3.82. The smallest absolute Gasteiger partial charge is 0.137 e. The third-order valence-corrected chi connectivity index (χ3v) is 3.82. The van der Waals surface area contributed by atoms with Crippen LogP contribution in [0.25, 0.3) is 11.3 Å². The molecule has 0 saturated heterocycles. The first kappa shape index (κ1) is 12.5. The second-order valence-corrected chi connectivity index (χ2v) is 4.92. The Morgan fingerprint density at radius 3 is 2.59 bits per heavy atom. The molecule has 5 heteroatoms. The second kappa shape index (κ2) is 4.70. The van der Waals surface area contributed by atoms with Crippen LogP contribution < -0.4 is 4.74 Å². The van der Waals surface area contributed by atoms with Gasteiger partial charge in [0.2, 0.25) is 0 Å². The van der Waals surface area contributed by atoms with Crippen molar-refractivity contribution in [1.82, 2.24) is 9.78 Å². The van der Waals surface area contributed by atoms with Gasteiger partial charge in [-0.1, -0.05) is 11.6 Å². The summed E-state index contributed by atoms with van der Waals surface area (Å²) in [4.78, 5) is 0. The Balaban J connectivity index is 2.57. The molecule has 2 aromatic rings. The van der Waals surface area contributed by atoms with E-state index in [4.69, 9.17) is 16.3 Å². The summed E-state index contributed by atoms with van der Waals surface area (Å²) in [6.07, 6.45) is 0. The molecular weight excluding hydrogens is 304 g/mol. The van der Waals surface area contributed by atoms with Crippen molar-refractivity contribution in [2.24, 2.45) is 7.05 Å². The van der Waals surface area contributed by atoms with E-state index in [1.165, 1.54) is 0 Å². The van der Waals surface area contributed by atoms with Gasteiger partial charge in [-0.05, 0) is 41.1 Å². The van der Waals surface area contributed by atoms with Gasteiger partial charge in [0, 0.05) is 12.6 Å². The predicted molar refractivity (Wildman–Crippen MR) is 72.6 cm³/mol. The highest BCUT2D eigenvalue weighted by Gasteiger charge is 2.13. The fourth-order valence-corrected chi connectivity index (χ4v) is 2.58. The van der Waals surface area contributed by atoms with Gasteiger partial charge in [-0.2, -0.15) is 5.10 Å². The first-order valence-corrected chi connectivity index (χ1v) is 6.24. The van der Waals surface area contributed by atoms with Crippen LogP contribution >= 0.6 is 27.5 Å². The lowest BCUT2D eigenvalue weighted by Gasteiger charge is -2.07. The maximum Gasteiger partial charge on any atom is 0.137 e. The van der Waals surface area contributed by atoms with E-state index in [-0.39, 0.29) is 0 Å². The number of nitrogens with zero attached hydrogens (tertiary/aromatic N) is 2. The third kappa shape index (κ3) is 2.19. The van der Waals surface area contributed by atoms with E-state index >= 15 is 0 Å². The van der Waals surface area contributed by atoms with Crippen LogP contribution in [0.5, 0.6) is 5.75 Å². The lowest BCUT2D eigenvalue weighted by atomic mass is 10.1. The van der Waals surface area contributed by atoms with Crippen LogP contribution in [-0.4, -0.2) is 16.9 Å². The SMILES string of the molecule is COc1ccc(-c2c(Br)c(C)nn2C)cc1Cl. The van der Waals surface area contributed by atoms with Crippen molar-refractivity contribution >= 4 is 27.5 Å². The number of hydrogen-bond acceptors (Lipinski definition) is 2. The molecule has 0 saturated carbocycles. The summed E-state index contributed by atoms with van der Waals surface area (Å²) < 4.78 is 7.95. The van der Waals surface area contributed by atoms with Crippen molar-refractivity contribution in [2.45, 2.75) is 6.92 Å². The summed E-state index contributed by atoms with van der Waals surface area (Å²) in [5.41, 5.74) is 2.97. The van der Waals surface area contributed by atoms with Crippen molar-refractivity contribution in [3.05, 3.63) is 33.4 Å². The average molecular weight is 316 g/mol. The first-order chi connectivity index (χ1) is 8.04. The van der Waals surface area contributed by atoms with E-state index in [1.54, 1.807) is 7.11 Å². The van der Waals surface area contributed by atoms with Gasteiger partial charge in [0.1, 0.15) is 5.75 Å². The quantitative estimate of drug-likeness (QED) is 0.842. The van der Waals surface area contributed by atoms with Crippen molar-refractivity contribution in [1.29, 1.82) is 0 Å². The van der Waals surface area contributed by atoms with Gasteiger partial charge in [-0.15, -0.1) is 0 Å². The highest BCUT2D eigenvalue weighted by molar-refractivity contribution is 9.10. The molecule has 0 aliphatic carbocycles. The number of methoxy groups -OCH3 is 1. The van der Waals surface area contributed by atoms with Gasteiger partial charge < -0.3 is 4.74 Å². The van der Waals surface area contributed by atoms with Crippen LogP contribution in [0.3, 0.4) is 0 Å². The van der Waals surface area contributed by atoms with E-state index in [2.05, 4.69) is 21.0 Å². The number of rotatable bonds is 2. The number of benzene rings is 1. The summed E-state index contributed by atoms with van der Waals surface area (Å²) in [5.74, 6) is 0.672. The molecule has 0 spiro atoms. The molecule has 90 valence electrons. The fraction of sp³-hybridized carbons (Fsp3) is 0.250. The molecule has 0 atom stereocenters. The van der Waals surface area contributed by atoms with Crippen LogP contribution in [-0.2, 0) is 7.05 Å². The maximum atomic E-state index is 6.12. The van der Waals surface area contributed by atoms with Gasteiger partial charge in [0.25, 0.3) is 0 Å². The monoisotopic (exact) mass is 314 g/mol. The van der Waals surface area contributed by atoms with Crippen molar-refractivity contribution < 1.29 is 4.74 Å². The molecule has 3 nitrogen and oxygen atoms in total. The number of aryl methyl sites for hydroxylation is 2. The Bertz CT molecular complexity index is 566. The maximum absolute atomic E-state index is 6.12. The Hall–Kier alpha value is -1.00. The molecule has 17 heavy (non-hydrogen) atoms. The molecule has 1 heterocycles. The zero-order valence-corrected chi connectivity index (χ0v) is 12.1. The lowest BCUT2D eigenvalue weighted by Crippen LogP contribution is -1.94. The van der Waals surface area contributed by atoms with Crippen LogP contribution in [0.15, 0.2) is 22.7 Å². The Morgan fingerprint density at radius 1 is 1.41 bits per heavy atom. The third-order valence-electron chi connectivity index (χ3n) is 2.57. The molecule has 1 aromatic heterocycles. The van der Waals surface area contributed by atoms with E-state index < -0.39 is 0 Å². The molecule has 1 aromatic carbocycles. The zero-order valence-electron chi connectivity index (χ0n) is 9.79. The summed E-state index contributed by atoms with van der Waals surface area (Å²) >= 11 is 9.66. The zero-order chi connectivity index (χ0) is 12.6. The Morgan fingerprint density at radius 2 is 2.12 bits per heavy atom. The van der Waals surface area contributed by atoms with Gasteiger partial charge in [0.15, 0.2) is 0 Å². The first-order valence-electron chi connectivity index (χ1n) is 5.07. The fourth-order valence-electron chi connectivity index (χ4n) is 1.76. The van der Waals surface area contributed by atoms with Crippen LogP contribution in [0.4, 0.5) is 0 Å². The molecule has 0 N–H and O–H groups in total. The Kier molecular flexibility index (Phi) is 3.45. The van der Waals surface area contributed by atoms with Crippen molar-refractivity contribution in [2.75, 3.05) is 7.11 Å². The minimum Gasteiger partial charge on any atom is -0.495 e. The van der Waals surface area contributed by atoms with Gasteiger partial charge in [-0.25, -0.2) is 0 Å². The molecule has 0 aliphatic rings. The van der Waals surface area contributed by atoms with Crippen molar-refractivity contribution in [3.8, 4) is 17.0 Å². The lowest BCUT2D eigenvalue weighted by molar-refractivity contribution is 0.415. The van der Waals surface area contributed by atoms with Crippen LogP contribution in [0.2, 0.25) is 5.02 Å². The number of halogens is 2. The summed E-state index contributed by atoms with van der Waals surface area (Å²) in [6.45, 7) is 1.96. The van der Waals surface area contributed by atoms with E-state index in [9.17, 15) is 0 Å². The van der Waals surface area contributed by atoms with Crippen LogP contribution in [0, 0.1) is 6.92 Å². The molecule has 0 fully saturated rings. The summed E-state index contributed by atoms with van der Waals surface area (Å²) in [7, 11) is 3.51. The molecule has 0 aliphatic heterocycles. The van der Waals surface area contributed by atoms with Gasteiger partial charge >= 0.3 is 0 Å². The normalized spacial score (nSPS) is 10.6. The standard InChI is InChI=1S/C12H12BrClN2O/c1-7-11(13)12(16(2)15-7)8-4-5-10(17-3)9(14)6-8/h4-6H,1-3H3. The largest absolute Gasteiger partial charge is 0.495 e. The number of ether oxygens (including phenoxy) is 1. The Labute approximate surface area is 113 Å². The topological polar surface area (TPSA) is 27.1 Å². The molecule has 0 unspecified atom stereocenters. The second-order valence-electron chi connectivity index (χ2n) is 3.72. The number of aromatic nitrogens is 2. The highest BCUT2D eigenvalue weighted by Crippen LogP contribution is 2.34. The summed E-state index contributed by atoms with van der Waals surface area (Å²) in [6, 6.07) is 5.69. The van der Waals surface area contributed by atoms with Crippen molar-refractivity contribution in [3.63, 3.8) is 0 Å². The minimum atomic E-state index is 0.593. The molecule has 2 rings (SSSR count). The molecular formula is C12H12BrClN2O. The van der Waals surface area contributed by atoms with Gasteiger partial charge in [0.05, 0.1) is 28.0 Å². The van der Waals surface area contributed by atoms with Gasteiger partial charge in [-0.3, -0.25) is 4.68 Å². The molecule has 0 amide bonds. The summed E-state index contributed by atoms with van der Waals surface area (Å²) in [5, 5.41) is 4.95. The molecule has 0 radical (unpaired) electrons. The highest BCUT2D eigenvalue weighted by atomic mass is 79.9.